The quantitative estimate of drug-likeness (QED) is 0.612. The lowest BCUT2D eigenvalue weighted by Gasteiger charge is -2.21. The predicted molar refractivity (Wildman–Crippen MR) is 116 cm³/mol. The first kappa shape index (κ1) is 21.8. The fourth-order valence-corrected chi connectivity index (χ4v) is 4.43. The van der Waals surface area contributed by atoms with Gasteiger partial charge in [0.25, 0.3) is 5.91 Å². The van der Waals surface area contributed by atoms with E-state index < -0.39 is 36.2 Å². The summed E-state index contributed by atoms with van der Waals surface area (Å²) in [5.41, 5.74) is 4.53. The van der Waals surface area contributed by atoms with Crippen molar-refractivity contribution in [3.8, 4) is 11.1 Å². The van der Waals surface area contributed by atoms with Crippen LogP contribution in [0.3, 0.4) is 0 Å². The van der Waals surface area contributed by atoms with Crippen molar-refractivity contribution in [2.45, 2.75) is 43.9 Å². The molecule has 8 heteroatoms. The number of carbonyl (C=O) groups excluding carboxylic acids is 2. The van der Waals surface area contributed by atoms with E-state index in [2.05, 4.69) is 22.8 Å². The highest BCUT2D eigenvalue weighted by Crippen LogP contribution is 2.44. The van der Waals surface area contributed by atoms with Crippen LogP contribution in [0.15, 0.2) is 48.5 Å². The number of carbonyl (C=O) groups is 3. The number of benzene rings is 2. The number of ether oxygens (including phenoxy) is 2. The minimum absolute atomic E-state index is 0.0519. The van der Waals surface area contributed by atoms with Crippen LogP contribution in [0.2, 0.25) is 0 Å². The van der Waals surface area contributed by atoms with E-state index in [1.807, 2.05) is 36.4 Å². The second-order valence-corrected chi connectivity index (χ2v) is 8.16. The molecule has 32 heavy (non-hydrogen) atoms. The second-order valence-electron chi connectivity index (χ2n) is 8.16. The lowest BCUT2D eigenvalue weighted by atomic mass is 9.98. The third-order valence-corrected chi connectivity index (χ3v) is 5.87. The predicted octanol–water partition coefficient (Wildman–Crippen LogP) is 2.66. The summed E-state index contributed by atoms with van der Waals surface area (Å²) in [4.78, 5) is 35.8. The zero-order valence-electron chi connectivity index (χ0n) is 17.7. The van der Waals surface area contributed by atoms with Gasteiger partial charge in [-0.3, -0.25) is 9.59 Å². The van der Waals surface area contributed by atoms with Gasteiger partial charge in [0, 0.05) is 18.6 Å². The Balaban J connectivity index is 1.35. The molecule has 0 spiro atoms. The van der Waals surface area contributed by atoms with Crippen molar-refractivity contribution >= 4 is 18.0 Å². The zero-order valence-corrected chi connectivity index (χ0v) is 17.7. The van der Waals surface area contributed by atoms with Crippen LogP contribution in [0.25, 0.3) is 11.1 Å². The molecule has 1 saturated heterocycles. The molecular formula is C24H26N2O6. The Kier molecular flexibility index (Phi) is 6.41. The number of amides is 2. The summed E-state index contributed by atoms with van der Waals surface area (Å²) in [5.74, 6) is -1.50. The molecule has 2 aliphatic rings. The van der Waals surface area contributed by atoms with Crippen LogP contribution in [-0.2, 0) is 19.1 Å². The van der Waals surface area contributed by atoms with Crippen molar-refractivity contribution in [1.29, 1.82) is 0 Å². The van der Waals surface area contributed by atoms with Gasteiger partial charge in [-0.05, 0) is 35.6 Å². The number of carboxylic acid groups (broad SMARTS) is 1. The number of fused-ring (bicyclic) bond motifs is 3. The van der Waals surface area contributed by atoms with Gasteiger partial charge in [0.2, 0.25) is 0 Å². The van der Waals surface area contributed by atoms with Gasteiger partial charge in [0.15, 0.2) is 6.10 Å². The van der Waals surface area contributed by atoms with Crippen LogP contribution in [-0.4, -0.2) is 54.5 Å². The van der Waals surface area contributed by atoms with Gasteiger partial charge in [-0.2, -0.15) is 0 Å². The van der Waals surface area contributed by atoms with E-state index in [1.165, 1.54) is 0 Å². The molecule has 2 aromatic rings. The summed E-state index contributed by atoms with van der Waals surface area (Å²) in [6.07, 6.45) is -1.22. The largest absolute Gasteiger partial charge is 0.481 e. The minimum Gasteiger partial charge on any atom is -0.481 e. The van der Waals surface area contributed by atoms with Gasteiger partial charge in [0.1, 0.15) is 6.61 Å². The fourth-order valence-electron chi connectivity index (χ4n) is 4.43. The molecule has 3 N–H and O–H groups in total. The molecule has 8 nitrogen and oxygen atoms in total. The molecule has 4 rings (SSSR count). The van der Waals surface area contributed by atoms with Crippen LogP contribution in [0.4, 0.5) is 4.79 Å². The molecule has 1 aliphatic carbocycles. The Hall–Kier alpha value is -3.39. The van der Waals surface area contributed by atoms with Crippen molar-refractivity contribution in [3.05, 3.63) is 59.7 Å². The second kappa shape index (κ2) is 9.40. The van der Waals surface area contributed by atoms with Gasteiger partial charge in [-0.25, -0.2) is 4.79 Å². The minimum atomic E-state index is -1.00. The molecule has 0 aromatic heterocycles. The van der Waals surface area contributed by atoms with E-state index in [1.54, 1.807) is 6.92 Å². The molecule has 2 aromatic carbocycles. The van der Waals surface area contributed by atoms with Crippen LogP contribution >= 0.6 is 0 Å². The molecule has 1 unspecified atom stereocenters. The maximum absolute atomic E-state index is 12.5. The maximum atomic E-state index is 12.5. The summed E-state index contributed by atoms with van der Waals surface area (Å²) >= 11 is 0. The zero-order chi connectivity index (χ0) is 22.7. The first-order valence-corrected chi connectivity index (χ1v) is 10.7. The molecule has 0 radical (unpaired) electrons. The molecule has 168 valence electrons. The number of hydrogen-bond donors (Lipinski definition) is 3. The average molecular weight is 438 g/mol. The van der Waals surface area contributed by atoms with Crippen molar-refractivity contribution in [2.24, 2.45) is 0 Å². The average Bonchev–Trinajstić information content (AvgIpc) is 3.34. The molecule has 1 fully saturated rings. The Labute approximate surface area is 185 Å². The molecule has 0 saturated carbocycles. The number of hydrogen-bond acceptors (Lipinski definition) is 5. The Bertz CT molecular complexity index is 978. The van der Waals surface area contributed by atoms with Gasteiger partial charge < -0.3 is 25.2 Å². The van der Waals surface area contributed by atoms with E-state index in [4.69, 9.17) is 14.6 Å². The van der Waals surface area contributed by atoms with Gasteiger partial charge in [-0.1, -0.05) is 48.5 Å². The summed E-state index contributed by atoms with van der Waals surface area (Å²) in [6, 6.07) is 15.1. The lowest BCUT2D eigenvalue weighted by molar-refractivity contribution is -0.138. The molecule has 0 bridgehead atoms. The van der Waals surface area contributed by atoms with Gasteiger partial charge in [-0.15, -0.1) is 0 Å². The summed E-state index contributed by atoms with van der Waals surface area (Å²) in [7, 11) is 0. The van der Waals surface area contributed by atoms with Crippen LogP contribution in [0.1, 0.15) is 36.8 Å². The number of nitrogens with one attached hydrogen (secondary N) is 2. The first-order chi connectivity index (χ1) is 15.4. The summed E-state index contributed by atoms with van der Waals surface area (Å²) in [6.45, 7) is 2.11. The third-order valence-electron chi connectivity index (χ3n) is 5.87. The van der Waals surface area contributed by atoms with Crippen molar-refractivity contribution < 1.29 is 29.0 Å². The monoisotopic (exact) mass is 438 g/mol. The Morgan fingerprint density at radius 2 is 1.72 bits per heavy atom. The van der Waals surface area contributed by atoms with E-state index in [0.29, 0.717) is 13.0 Å². The highest BCUT2D eigenvalue weighted by molar-refractivity contribution is 5.84. The molecule has 3 atom stereocenters. The maximum Gasteiger partial charge on any atom is 0.407 e. The van der Waals surface area contributed by atoms with Crippen LogP contribution in [0, 0.1) is 0 Å². The number of alkyl carbamates (subject to hydrolysis) is 1. The van der Waals surface area contributed by atoms with Crippen LogP contribution in [0.5, 0.6) is 0 Å². The molecule has 1 aliphatic heterocycles. The fraction of sp³-hybridized carbons (Fsp3) is 0.375. The third kappa shape index (κ3) is 4.60. The standard InChI is InChI=1S/C24H26N2O6/c1-14(12-21(27)28)25-23(29)22-20(10-11-31-22)26-24(30)32-13-19-17-8-4-2-6-15(17)16-7-3-5-9-18(16)19/h2-9,14,19-20,22H,10-13H2,1H3,(H,25,29)(H,26,30)(H,27,28)/t14?,20-,22+/m1/s1. The molecule has 1 heterocycles. The van der Waals surface area contributed by atoms with Crippen molar-refractivity contribution in [1.82, 2.24) is 10.6 Å². The summed E-state index contributed by atoms with van der Waals surface area (Å²) in [5, 5.41) is 14.2. The Morgan fingerprint density at radius 3 is 2.34 bits per heavy atom. The summed E-state index contributed by atoms with van der Waals surface area (Å²) < 4.78 is 11.0. The van der Waals surface area contributed by atoms with Crippen molar-refractivity contribution in [2.75, 3.05) is 13.2 Å². The van der Waals surface area contributed by atoms with Crippen LogP contribution < -0.4 is 10.6 Å². The van der Waals surface area contributed by atoms with Gasteiger partial charge >= 0.3 is 12.1 Å². The smallest absolute Gasteiger partial charge is 0.407 e. The lowest BCUT2D eigenvalue weighted by Crippen LogP contribution is -2.50. The highest BCUT2D eigenvalue weighted by atomic mass is 16.6. The number of carboxylic acids is 1. The van der Waals surface area contributed by atoms with E-state index >= 15 is 0 Å². The SMILES string of the molecule is CC(CC(=O)O)NC(=O)[C@H]1OCC[C@H]1NC(=O)OCC1c2ccccc2-c2ccccc21. The highest BCUT2D eigenvalue weighted by Gasteiger charge is 2.36. The van der Waals surface area contributed by atoms with Gasteiger partial charge in [0.05, 0.1) is 12.5 Å². The first-order valence-electron chi connectivity index (χ1n) is 10.7. The topological polar surface area (TPSA) is 114 Å². The van der Waals surface area contributed by atoms with E-state index in [-0.39, 0.29) is 18.9 Å². The number of aliphatic carboxylic acids is 1. The number of rotatable bonds is 7. The normalized spacial score (nSPS) is 20.2. The van der Waals surface area contributed by atoms with E-state index in [9.17, 15) is 14.4 Å². The van der Waals surface area contributed by atoms with Crippen molar-refractivity contribution in [3.63, 3.8) is 0 Å². The van der Waals surface area contributed by atoms with E-state index in [0.717, 1.165) is 22.3 Å². The molecular weight excluding hydrogens is 412 g/mol. The molecule has 2 amide bonds. The Morgan fingerprint density at radius 1 is 1.09 bits per heavy atom.